The van der Waals surface area contributed by atoms with Crippen molar-refractivity contribution < 1.29 is 13.2 Å². The minimum atomic E-state index is -3.30. The molecule has 2 rings (SSSR count). The number of aromatic nitrogens is 1. The Morgan fingerprint density at radius 2 is 1.83 bits per heavy atom. The van der Waals surface area contributed by atoms with Crippen molar-refractivity contribution in [2.45, 2.75) is 19.4 Å². The minimum Gasteiger partial charge on any atom is -0.345 e. The first-order chi connectivity index (χ1) is 11.4. The smallest absolute Gasteiger partial charge is 0.222 e. The molecule has 0 aliphatic carbocycles. The molecule has 0 spiro atoms. The summed E-state index contributed by atoms with van der Waals surface area (Å²) in [6, 6.07) is 11.2. The van der Waals surface area contributed by atoms with Gasteiger partial charge >= 0.3 is 0 Å². The SMILES string of the molecule is Cc1ccccc1[C@H](NC(=O)CCNS(C)(=O)=O)c1ccncc1. The number of nitrogens with one attached hydrogen (secondary N) is 2. The Balaban J connectivity index is 2.16. The molecule has 0 bridgehead atoms. The highest BCUT2D eigenvalue weighted by molar-refractivity contribution is 7.88. The van der Waals surface area contributed by atoms with Crippen molar-refractivity contribution in [2.24, 2.45) is 0 Å². The monoisotopic (exact) mass is 347 g/mol. The fourth-order valence-corrected chi connectivity index (χ4v) is 2.86. The molecule has 2 N–H and O–H groups in total. The number of pyridine rings is 1. The van der Waals surface area contributed by atoms with Crippen LogP contribution >= 0.6 is 0 Å². The molecule has 1 heterocycles. The van der Waals surface area contributed by atoms with E-state index in [-0.39, 0.29) is 24.9 Å². The van der Waals surface area contributed by atoms with Crippen LogP contribution < -0.4 is 10.0 Å². The number of amides is 1. The van der Waals surface area contributed by atoms with E-state index in [0.717, 1.165) is 22.9 Å². The van der Waals surface area contributed by atoms with Crippen molar-refractivity contribution in [3.05, 3.63) is 65.5 Å². The standard InChI is InChI=1S/C17H21N3O3S/c1-13-5-3-4-6-15(13)17(14-7-10-18-11-8-14)20-16(21)9-12-19-24(2,22)23/h3-8,10-11,17,19H,9,12H2,1-2H3,(H,20,21)/t17-/m1/s1. The second kappa shape index (κ2) is 8.03. The Bertz CT molecular complexity index is 792. The second-order valence-electron chi connectivity index (χ2n) is 5.55. The first-order valence-corrected chi connectivity index (χ1v) is 9.45. The molecule has 1 aromatic heterocycles. The lowest BCUT2D eigenvalue weighted by molar-refractivity contribution is -0.121. The highest BCUT2D eigenvalue weighted by Gasteiger charge is 2.18. The lowest BCUT2D eigenvalue weighted by Gasteiger charge is -2.21. The number of benzene rings is 1. The van der Waals surface area contributed by atoms with Gasteiger partial charge < -0.3 is 5.32 Å². The Morgan fingerprint density at radius 3 is 2.46 bits per heavy atom. The molecule has 24 heavy (non-hydrogen) atoms. The van der Waals surface area contributed by atoms with Crippen molar-refractivity contribution >= 4 is 15.9 Å². The number of hydrogen-bond acceptors (Lipinski definition) is 4. The van der Waals surface area contributed by atoms with Crippen LogP contribution in [-0.2, 0) is 14.8 Å². The summed E-state index contributed by atoms with van der Waals surface area (Å²) in [4.78, 5) is 16.2. The topological polar surface area (TPSA) is 88.2 Å². The van der Waals surface area contributed by atoms with Gasteiger partial charge in [0, 0.05) is 25.4 Å². The number of hydrogen-bond donors (Lipinski definition) is 2. The lowest BCUT2D eigenvalue weighted by Crippen LogP contribution is -2.33. The molecule has 0 aliphatic rings. The number of aryl methyl sites for hydroxylation is 1. The van der Waals surface area contributed by atoms with Crippen LogP contribution in [0.1, 0.15) is 29.2 Å². The fraction of sp³-hybridized carbons (Fsp3) is 0.294. The van der Waals surface area contributed by atoms with Gasteiger partial charge in [-0.15, -0.1) is 0 Å². The average molecular weight is 347 g/mol. The Labute approximate surface area is 142 Å². The van der Waals surface area contributed by atoms with Gasteiger partial charge in [0.1, 0.15) is 0 Å². The summed E-state index contributed by atoms with van der Waals surface area (Å²) >= 11 is 0. The van der Waals surface area contributed by atoms with Crippen LogP contribution in [-0.4, -0.2) is 32.1 Å². The molecule has 2 aromatic rings. The molecule has 0 fully saturated rings. The first kappa shape index (κ1) is 18.1. The van der Waals surface area contributed by atoms with Crippen LogP contribution in [0, 0.1) is 6.92 Å². The zero-order chi connectivity index (χ0) is 17.6. The number of rotatable bonds is 7. The maximum atomic E-state index is 12.2. The molecular formula is C17H21N3O3S. The van der Waals surface area contributed by atoms with Crippen LogP contribution in [0.5, 0.6) is 0 Å². The van der Waals surface area contributed by atoms with Crippen LogP contribution in [0.2, 0.25) is 0 Å². The van der Waals surface area contributed by atoms with Gasteiger partial charge in [-0.1, -0.05) is 24.3 Å². The summed E-state index contributed by atoms with van der Waals surface area (Å²) < 4.78 is 24.5. The first-order valence-electron chi connectivity index (χ1n) is 7.56. The third-order valence-corrected chi connectivity index (χ3v) is 4.29. The van der Waals surface area contributed by atoms with E-state index in [0.29, 0.717) is 0 Å². The highest BCUT2D eigenvalue weighted by atomic mass is 32.2. The zero-order valence-corrected chi connectivity index (χ0v) is 14.5. The van der Waals surface area contributed by atoms with Gasteiger partial charge in [0.25, 0.3) is 0 Å². The fourth-order valence-electron chi connectivity index (χ4n) is 2.39. The molecule has 128 valence electrons. The van der Waals surface area contributed by atoms with E-state index in [2.05, 4.69) is 15.0 Å². The molecule has 1 atom stereocenters. The molecule has 6 nitrogen and oxygen atoms in total. The largest absolute Gasteiger partial charge is 0.345 e. The summed E-state index contributed by atoms with van der Waals surface area (Å²) in [5.41, 5.74) is 2.98. The lowest BCUT2D eigenvalue weighted by atomic mass is 9.95. The van der Waals surface area contributed by atoms with Gasteiger partial charge in [0.2, 0.25) is 15.9 Å². The van der Waals surface area contributed by atoms with Crippen molar-refractivity contribution in [1.29, 1.82) is 0 Å². The van der Waals surface area contributed by atoms with Crippen molar-refractivity contribution in [1.82, 2.24) is 15.0 Å². The summed E-state index contributed by atoms with van der Waals surface area (Å²) in [7, 11) is -3.30. The van der Waals surface area contributed by atoms with Gasteiger partial charge in [-0.2, -0.15) is 0 Å². The number of sulfonamides is 1. The highest BCUT2D eigenvalue weighted by Crippen LogP contribution is 2.24. The van der Waals surface area contributed by atoms with Crippen molar-refractivity contribution in [3.63, 3.8) is 0 Å². The van der Waals surface area contributed by atoms with E-state index in [4.69, 9.17) is 0 Å². The van der Waals surface area contributed by atoms with Crippen LogP contribution in [0.3, 0.4) is 0 Å². The number of carbonyl (C=O) groups excluding carboxylic acids is 1. The van der Waals surface area contributed by atoms with E-state index < -0.39 is 10.0 Å². The van der Waals surface area contributed by atoms with Crippen LogP contribution in [0.4, 0.5) is 0 Å². The van der Waals surface area contributed by atoms with Crippen LogP contribution in [0.25, 0.3) is 0 Å². The van der Waals surface area contributed by atoms with Gasteiger partial charge in [-0.05, 0) is 35.7 Å². The van der Waals surface area contributed by atoms with Crippen LogP contribution in [0.15, 0.2) is 48.8 Å². The molecule has 0 aliphatic heterocycles. The Hall–Kier alpha value is -2.25. The Morgan fingerprint density at radius 1 is 1.17 bits per heavy atom. The van der Waals surface area contributed by atoms with E-state index in [1.54, 1.807) is 12.4 Å². The number of nitrogens with zero attached hydrogens (tertiary/aromatic N) is 1. The number of carbonyl (C=O) groups is 1. The van der Waals surface area contributed by atoms with Gasteiger partial charge in [0.15, 0.2) is 0 Å². The van der Waals surface area contributed by atoms with E-state index in [1.165, 1.54) is 0 Å². The molecular weight excluding hydrogens is 326 g/mol. The van der Waals surface area contributed by atoms with Crippen molar-refractivity contribution in [2.75, 3.05) is 12.8 Å². The second-order valence-corrected chi connectivity index (χ2v) is 7.39. The average Bonchev–Trinajstić information content (AvgIpc) is 2.53. The molecule has 0 unspecified atom stereocenters. The Kier molecular flexibility index (Phi) is 6.05. The van der Waals surface area contributed by atoms with Gasteiger partial charge in [-0.3, -0.25) is 9.78 Å². The summed E-state index contributed by atoms with van der Waals surface area (Å²) in [6.45, 7) is 2.06. The third-order valence-electron chi connectivity index (χ3n) is 3.56. The van der Waals surface area contributed by atoms with Gasteiger partial charge in [0.05, 0.1) is 12.3 Å². The molecule has 0 saturated carbocycles. The predicted molar refractivity (Wildman–Crippen MR) is 92.9 cm³/mol. The van der Waals surface area contributed by atoms with Crippen molar-refractivity contribution in [3.8, 4) is 0 Å². The van der Waals surface area contributed by atoms with E-state index >= 15 is 0 Å². The zero-order valence-electron chi connectivity index (χ0n) is 13.7. The summed E-state index contributed by atoms with van der Waals surface area (Å²) in [5.74, 6) is -0.226. The quantitative estimate of drug-likeness (QED) is 0.795. The molecule has 1 amide bonds. The maximum Gasteiger partial charge on any atom is 0.222 e. The summed E-state index contributed by atoms with van der Waals surface area (Å²) in [5, 5.41) is 2.98. The predicted octanol–water partition coefficient (Wildman–Crippen LogP) is 1.53. The maximum absolute atomic E-state index is 12.2. The molecule has 7 heteroatoms. The molecule has 0 radical (unpaired) electrons. The normalized spacial score (nSPS) is 12.6. The van der Waals surface area contributed by atoms with E-state index in [9.17, 15) is 13.2 Å². The molecule has 1 aromatic carbocycles. The van der Waals surface area contributed by atoms with E-state index in [1.807, 2.05) is 43.3 Å². The summed E-state index contributed by atoms with van der Waals surface area (Å²) in [6.07, 6.45) is 4.49. The third kappa shape index (κ3) is 5.43. The minimum absolute atomic E-state index is 0.0700. The molecule has 0 saturated heterocycles. The van der Waals surface area contributed by atoms with Gasteiger partial charge in [-0.25, -0.2) is 13.1 Å².